The Morgan fingerprint density at radius 1 is 1.67 bits per heavy atom. The Hall–Kier alpha value is -1.01. The van der Waals surface area contributed by atoms with E-state index in [1.807, 2.05) is 14.0 Å². The predicted octanol–water partition coefficient (Wildman–Crippen LogP) is 0.751. The number of aryl methyl sites for hydroxylation is 2. The molecule has 0 saturated heterocycles. The second kappa shape index (κ2) is 5.18. The van der Waals surface area contributed by atoms with E-state index in [9.17, 15) is 0 Å². The highest BCUT2D eigenvalue weighted by Gasteiger charge is 2.15. The molecule has 0 saturated carbocycles. The normalized spacial score (nSPS) is 10.6. The third-order valence-corrected chi connectivity index (χ3v) is 3.08. The Labute approximate surface area is 93.5 Å². The van der Waals surface area contributed by atoms with E-state index in [-0.39, 0.29) is 5.84 Å². The quantitative estimate of drug-likeness (QED) is 0.337. The minimum atomic E-state index is 0.0699. The number of hydrogen-bond donors (Lipinski definition) is 2. The average Bonchev–Trinajstić information content (AvgIpc) is 2.42. The Morgan fingerprint density at radius 2 is 2.33 bits per heavy atom. The molecule has 0 radical (unpaired) electrons. The molecule has 6 heteroatoms. The molecule has 1 aromatic rings. The zero-order chi connectivity index (χ0) is 11.4. The molecule has 1 rings (SSSR count). The number of nitrogens with one attached hydrogen (secondary N) is 1. The highest BCUT2D eigenvalue weighted by atomic mass is 32.2. The van der Waals surface area contributed by atoms with E-state index in [1.165, 1.54) is 0 Å². The summed E-state index contributed by atoms with van der Waals surface area (Å²) in [6.45, 7) is 2.53. The molecule has 0 aliphatic heterocycles. The van der Waals surface area contributed by atoms with Crippen molar-refractivity contribution in [2.45, 2.75) is 11.9 Å². The SMILES string of the molecule is COCCSc1c(C(=N)N)c(C)nn1C. The van der Waals surface area contributed by atoms with Crippen molar-refractivity contribution in [2.24, 2.45) is 12.8 Å². The maximum absolute atomic E-state index is 7.49. The summed E-state index contributed by atoms with van der Waals surface area (Å²) in [6.07, 6.45) is 0. The molecule has 0 amide bonds. The van der Waals surface area contributed by atoms with Crippen LogP contribution in [0, 0.1) is 12.3 Å². The summed E-state index contributed by atoms with van der Waals surface area (Å²) in [5.41, 5.74) is 7.05. The first-order valence-corrected chi connectivity index (χ1v) is 5.56. The van der Waals surface area contributed by atoms with Crippen LogP contribution in [0.3, 0.4) is 0 Å². The predicted molar refractivity (Wildman–Crippen MR) is 61.6 cm³/mol. The van der Waals surface area contributed by atoms with Crippen LogP contribution >= 0.6 is 11.8 Å². The van der Waals surface area contributed by atoms with Gasteiger partial charge in [0.1, 0.15) is 10.9 Å². The van der Waals surface area contributed by atoms with Crippen molar-refractivity contribution in [2.75, 3.05) is 19.5 Å². The van der Waals surface area contributed by atoms with Gasteiger partial charge in [-0.05, 0) is 6.92 Å². The van der Waals surface area contributed by atoms with Crippen LogP contribution in [0.25, 0.3) is 0 Å². The number of aromatic nitrogens is 2. The van der Waals surface area contributed by atoms with Crippen LogP contribution in [0.2, 0.25) is 0 Å². The number of rotatable bonds is 5. The largest absolute Gasteiger partial charge is 0.384 e. The first-order chi connectivity index (χ1) is 7.07. The topological polar surface area (TPSA) is 76.9 Å². The fourth-order valence-corrected chi connectivity index (χ4v) is 2.41. The van der Waals surface area contributed by atoms with Crippen molar-refractivity contribution in [3.63, 3.8) is 0 Å². The Balaban J connectivity index is 2.89. The summed E-state index contributed by atoms with van der Waals surface area (Å²) in [5, 5.41) is 12.7. The van der Waals surface area contributed by atoms with Crippen molar-refractivity contribution >= 4 is 17.6 Å². The van der Waals surface area contributed by atoms with Crippen LogP contribution < -0.4 is 5.73 Å². The van der Waals surface area contributed by atoms with Gasteiger partial charge in [0.25, 0.3) is 0 Å². The Morgan fingerprint density at radius 3 is 2.87 bits per heavy atom. The number of hydrogen-bond acceptors (Lipinski definition) is 4. The molecule has 0 atom stereocenters. The molecule has 0 aliphatic rings. The van der Waals surface area contributed by atoms with Crippen LogP contribution in [-0.4, -0.2) is 35.1 Å². The lowest BCUT2D eigenvalue weighted by atomic mass is 10.2. The van der Waals surface area contributed by atoms with Gasteiger partial charge in [-0.25, -0.2) is 0 Å². The van der Waals surface area contributed by atoms with Crippen molar-refractivity contribution < 1.29 is 4.74 Å². The lowest BCUT2D eigenvalue weighted by Crippen LogP contribution is -2.13. The van der Waals surface area contributed by atoms with Crippen molar-refractivity contribution in [1.29, 1.82) is 5.41 Å². The van der Waals surface area contributed by atoms with Crippen LogP contribution in [-0.2, 0) is 11.8 Å². The highest BCUT2D eigenvalue weighted by molar-refractivity contribution is 7.99. The number of nitrogens with two attached hydrogens (primary N) is 1. The highest BCUT2D eigenvalue weighted by Crippen LogP contribution is 2.24. The zero-order valence-electron chi connectivity index (χ0n) is 9.20. The number of nitrogens with zero attached hydrogens (tertiary/aromatic N) is 2. The second-order valence-corrected chi connectivity index (χ2v) is 4.23. The van der Waals surface area contributed by atoms with Crippen LogP contribution in [0.4, 0.5) is 0 Å². The molecule has 5 nitrogen and oxygen atoms in total. The third kappa shape index (κ3) is 2.73. The number of thioether (sulfide) groups is 1. The van der Waals surface area contributed by atoms with Gasteiger partial charge in [-0.1, -0.05) is 0 Å². The van der Waals surface area contributed by atoms with E-state index in [1.54, 1.807) is 23.6 Å². The summed E-state index contributed by atoms with van der Waals surface area (Å²) >= 11 is 1.60. The maximum Gasteiger partial charge on any atom is 0.127 e. The molecule has 0 fully saturated rings. The fraction of sp³-hybridized carbons (Fsp3) is 0.556. The van der Waals surface area contributed by atoms with Gasteiger partial charge >= 0.3 is 0 Å². The standard InChI is InChI=1S/C9H16N4OS/c1-6-7(8(10)11)9(13(2)12-6)15-5-4-14-3/h4-5H2,1-3H3,(H3,10,11). The molecule has 1 aromatic heterocycles. The zero-order valence-corrected chi connectivity index (χ0v) is 10.0. The Bertz CT molecular complexity index is 361. The van der Waals surface area contributed by atoms with Gasteiger partial charge in [0.2, 0.25) is 0 Å². The average molecular weight is 228 g/mol. The molecule has 1 heterocycles. The number of amidine groups is 1. The van der Waals surface area contributed by atoms with E-state index in [4.69, 9.17) is 15.9 Å². The van der Waals surface area contributed by atoms with Gasteiger partial charge in [0.15, 0.2) is 0 Å². The smallest absolute Gasteiger partial charge is 0.127 e. The van der Waals surface area contributed by atoms with Crippen molar-refractivity contribution in [3.05, 3.63) is 11.3 Å². The van der Waals surface area contributed by atoms with Gasteiger partial charge in [0, 0.05) is 19.9 Å². The van der Waals surface area contributed by atoms with Gasteiger partial charge in [-0.2, -0.15) is 5.10 Å². The lowest BCUT2D eigenvalue weighted by Gasteiger charge is -2.04. The number of nitrogen functional groups attached to an aromatic ring is 1. The van der Waals surface area contributed by atoms with Gasteiger partial charge in [-0.15, -0.1) is 11.8 Å². The summed E-state index contributed by atoms with van der Waals surface area (Å²) in [5.74, 6) is 0.899. The minimum absolute atomic E-state index is 0.0699. The second-order valence-electron chi connectivity index (χ2n) is 3.14. The van der Waals surface area contributed by atoms with E-state index in [0.717, 1.165) is 22.0 Å². The third-order valence-electron chi connectivity index (χ3n) is 1.97. The van der Waals surface area contributed by atoms with E-state index in [0.29, 0.717) is 6.61 Å². The fourth-order valence-electron chi connectivity index (χ4n) is 1.33. The van der Waals surface area contributed by atoms with Gasteiger partial charge in [-0.3, -0.25) is 10.1 Å². The van der Waals surface area contributed by atoms with Gasteiger partial charge < -0.3 is 10.5 Å². The molecule has 0 aromatic carbocycles. The summed E-state index contributed by atoms with van der Waals surface area (Å²) < 4.78 is 6.73. The monoisotopic (exact) mass is 228 g/mol. The molecule has 0 unspecified atom stereocenters. The van der Waals surface area contributed by atoms with Crippen LogP contribution in [0.1, 0.15) is 11.3 Å². The number of methoxy groups -OCH3 is 1. The minimum Gasteiger partial charge on any atom is -0.384 e. The summed E-state index contributed by atoms with van der Waals surface area (Å²) in [6, 6.07) is 0. The molecular weight excluding hydrogens is 212 g/mol. The van der Waals surface area contributed by atoms with Crippen LogP contribution in [0.5, 0.6) is 0 Å². The maximum atomic E-state index is 7.49. The summed E-state index contributed by atoms with van der Waals surface area (Å²) in [7, 11) is 3.52. The molecule has 0 aliphatic carbocycles. The first kappa shape index (κ1) is 12.1. The molecular formula is C9H16N4OS. The van der Waals surface area contributed by atoms with E-state index < -0.39 is 0 Å². The van der Waals surface area contributed by atoms with E-state index in [2.05, 4.69) is 5.10 Å². The molecule has 84 valence electrons. The molecule has 0 bridgehead atoms. The van der Waals surface area contributed by atoms with Crippen LogP contribution in [0.15, 0.2) is 5.03 Å². The first-order valence-electron chi connectivity index (χ1n) is 4.57. The van der Waals surface area contributed by atoms with Gasteiger partial charge in [0.05, 0.1) is 17.9 Å². The van der Waals surface area contributed by atoms with E-state index >= 15 is 0 Å². The Kier molecular flexibility index (Phi) is 4.16. The lowest BCUT2D eigenvalue weighted by molar-refractivity contribution is 0.218. The number of ether oxygens (including phenoxy) is 1. The molecule has 3 N–H and O–H groups in total. The molecule has 15 heavy (non-hydrogen) atoms. The van der Waals surface area contributed by atoms with Crippen molar-refractivity contribution in [1.82, 2.24) is 9.78 Å². The molecule has 0 spiro atoms. The van der Waals surface area contributed by atoms with Crippen molar-refractivity contribution in [3.8, 4) is 0 Å². The summed E-state index contributed by atoms with van der Waals surface area (Å²) in [4.78, 5) is 0.